The zero-order chi connectivity index (χ0) is 13.0. The third kappa shape index (κ3) is 2.70. The highest BCUT2D eigenvalue weighted by molar-refractivity contribution is 5.95. The number of pyridine rings is 1. The van der Waals surface area contributed by atoms with Crippen molar-refractivity contribution < 1.29 is 9.94 Å². The standard InChI is InChI=1S/C12H18N4O2/c1-2-10-8-16(5-6-18-10)9-3-4-14-11(7-9)12(13)15-17/h3-4,7,10,17H,2,5-6,8H2,1H3,(H2,13,15). The van der Waals surface area contributed by atoms with Crippen LogP contribution in [0.15, 0.2) is 23.5 Å². The third-order valence-corrected chi connectivity index (χ3v) is 3.07. The van der Waals surface area contributed by atoms with Crippen LogP contribution in [0.2, 0.25) is 0 Å². The van der Waals surface area contributed by atoms with E-state index in [4.69, 9.17) is 15.7 Å². The second-order valence-corrected chi connectivity index (χ2v) is 4.23. The Bertz CT molecular complexity index is 436. The normalized spacial score (nSPS) is 21.1. The Morgan fingerprint density at radius 2 is 2.56 bits per heavy atom. The van der Waals surface area contributed by atoms with Gasteiger partial charge in [-0.1, -0.05) is 12.1 Å². The molecule has 0 amide bonds. The van der Waals surface area contributed by atoms with Crippen LogP contribution in [0.5, 0.6) is 0 Å². The van der Waals surface area contributed by atoms with Crippen molar-refractivity contribution in [3.63, 3.8) is 0 Å². The maximum atomic E-state index is 8.66. The summed E-state index contributed by atoms with van der Waals surface area (Å²) in [5.41, 5.74) is 7.04. The Balaban J connectivity index is 2.17. The summed E-state index contributed by atoms with van der Waals surface area (Å²) in [5.74, 6) is 0.0251. The first kappa shape index (κ1) is 12.6. The molecule has 1 unspecified atom stereocenters. The van der Waals surface area contributed by atoms with Crippen LogP contribution in [0.1, 0.15) is 19.0 Å². The van der Waals surface area contributed by atoms with Crippen molar-refractivity contribution in [1.82, 2.24) is 4.98 Å². The van der Waals surface area contributed by atoms with Crippen LogP contribution in [0.3, 0.4) is 0 Å². The number of nitrogens with two attached hydrogens (primary N) is 1. The van der Waals surface area contributed by atoms with Crippen LogP contribution in [0.4, 0.5) is 5.69 Å². The van der Waals surface area contributed by atoms with Gasteiger partial charge >= 0.3 is 0 Å². The van der Waals surface area contributed by atoms with Gasteiger partial charge in [-0.15, -0.1) is 0 Å². The highest BCUT2D eigenvalue weighted by Crippen LogP contribution is 2.19. The topological polar surface area (TPSA) is 84.0 Å². The Labute approximate surface area is 106 Å². The lowest BCUT2D eigenvalue weighted by Gasteiger charge is -2.34. The van der Waals surface area contributed by atoms with Crippen molar-refractivity contribution in [1.29, 1.82) is 0 Å². The molecule has 0 aromatic carbocycles. The molecule has 1 aliphatic heterocycles. The first-order valence-corrected chi connectivity index (χ1v) is 6.05. The summed E-state index contributed by atoms with van der Waals surface area (Å²) in [6.45, 7) is 4.54. The molecule has 18 heavy (non-hydrogen) atoms. The summed E-state index contributed by atoms with van der Waals surface area (Å²) in [7, 11) is 0. The van der Waals surface area contributed by atoms with Crippen LogP contribution in [0, 0.1) is 0 Å². The van der Waals surface area contributed by atoms with Gasteiger partial charge in [-0.2, -0.15) is 0 Å². The smallest absolute Gasteiger partial charge is 0.188 e. The van der Waals surface area contributed by atoms with E-state index in [1.54, 1.807) is 6.20 Å². The molecule has 1 aliphatic rings. The lowest BCUT2D eigenvalue weighted by Crippen LogP contribution is -2.42. The van der Waals surface area contributed by atoms with Crippen molar-refractivity contribution >= 4 is 11.5 Å². The number of aromatic nitrogens is 1. The summed E-state index contributed by atoms with van der Waals surface area (Å²) in [6, 6.07) is 3.75. The number of morpholine rings is 1. The summed E-state index contributed by atoms with van der Waals surface area (Å²) < 4.78 is 5.63. The molecule has 0 aliphatic carbocycles. The molecule has 98 valence electrons. The number of rotatable bonds is 3. The Hall–Kier alpha value is -1.82. The van der Waals surface area contributed by atoms with E-state index >= 15 is 0 Å². The van der Waals surface area contributed by atoms with E-state index < -0.39 is 0 Å². The van der Waals surface area contributed by atoms with Crippen LogP contribution in [0.25, 0.3) is 0 Å². The molecule has 1 atom stereocenters. The van der Waals surface area contributed by atoms with E-state index in [2.05, 4.69) is 22.0 Å². The Morgan fingerprint density at radius 1 is 1.72 bits per heavy atom. The molecule has 1 saturated heterocycles. The summed E-state index contributed by atoms with van der Waals surface area (Å²) >= 11 is 0. The van der Waals surface area contributed by atoms with Crippen LogP contribution >= 0.6 is 0 Å². The minimum atomic E-state index is 0.0251. The molecular formula is C12H18N4O2. The van der Waals surface area contributed by atoms with E-state index in [1.165, 1.54) is 0 Å². The third-order valence-electron chi connectivity index (χ3n) is 3.07. The van der Waals surface area contributed by atoms with E-state index in [1.807, 2.05) is 12.1 Å². The van der Waals surface area contributed by atoms with Gasteiger partial charge in [-0.05, 0) is 18.6 Å². The Morgan fingerprint density at radius 3 is 3.28 bits per heavy atom. The minimum absolute atomic E-state index is 0.0251. The van der Waals surface area contributed by atoms with Crippen molar-refractivity contribution in [2.75, 3.05) is 24.6 Å². The van der Waals surface area contributed by atoms with Gasteiger partial charge in [0, 0.05) is 25.0 Å². The molecule has 6 heteroatoms. The van der Waals surface area contributed by atoms with Crippen LogP contribution < -0.4 is 10.6 Å². The molecule has 2 heterocycles. The fourth-order valence-electron chi connectivity index (χ4n) is 2.01. The van der Waals surface area contributed by atoms with Gasteiger partial charge in [0.15, 0.2) is 5.84 Å². The average Bonchev–Trinajstić information content (AvgIpc) is 2.46. The molecule has 1 fully saturated rings. The van der Waals surface area contributed by atoms with Crippen LogP contribution in [-0.2, 0) is 4.74 Å². The second-order valence-electron chi connectivity index (χ2n) is 4.23. The van der Waals surface area contributed by atoms with Gasteiger partial charge in [0.05, 0.1) is 12.7 Å². The minimum Gasteiger partial charge on any atom is -0.409 e. The van der Waals surface area contributed by atoms with Gasteiger partial charge in [0.1, 0.15) is 5.69 Å². The molecule has 1 aromatic rings. The molecule has 6 nitrogen and oxygen atoms in total. The van der Waals surface area contributed by atoms with E-state index in [0.29, 0.717) is 5.69 Å². The van der Waals surface area contributed by atoms with Crippen molar-refractivity contribution in [3.8, 4) is 0 Å². The zero-order valence-electron chi connectivity index (χ0n) is 10.4. The first-order chi connectivity index (χ1) is 8.74. The lowest BCUT2D eigenvalue weighted by molar-refractivity contribution is 0.0384. The number of ether oxygens (including phenoxy) is 1. The van der Waals surface area contributed by atoms with Gasteiger partial charge < -0.3 is 20.6 Å². The number of hydrogen-bond acceptors (Lipinski definition) is 5. The summed E-state index contributed by atoms with van der Waals surface area (Å²) in [4.78, 5) is 6.30. The predicted octanol–water partition coefficient (Wildman–Crippen LogP) is 0.791. The highest BCUT2D eigenvalue weighted by atomic mass is 16.5. The number of oxime groups is 1. The molecule has 0 spiro atoms. The fraction of sp³-hybridized carbons (Fsp3) is 0.500. The SMILES string of the molecule is CCC1CN(c2ccnc(/C(N)=N/O)c2)CCO1. The maximum absolute atomic E-state index is 8.66. The highest BCUT2D eigenvalue weighted by Gasteiger charge is 2.19. The number of hydrogen-bond donors (Lipinski definition) is 2. The molecule has 0 radical (unpaired) electrons. The summed E-state index contributed by atoms with van der Waals surface area (Å²) in [5, 5.41) is 11.6. The average molecular weight is 250 g/mol. The van der Waals surface area contributed by atoms with Gasteiger partial charge in [-0.25, -0.2) is 0 Å². The van der Waals surface area contributed by atoms with E-state index in [0.717, 1.165) is 31.8 Å². The quantitative estimate of drug-likeness (QED) is 0.358. The number of nitrogens with zero attached hydrogens (tertiary/aromatic N) is 3. The fourth-order valence-corrected chi connectivity index (χ4v) is 2.01. The van der Waals surface area contributed by atoms with Gasteiger partial charge in [0.2, 0.25) is 0 Å². The van der Waals surface area contributed by atoms with Gasteiger partial charge in [0.25, 0.3) is 0 Å². The molecule has 1 aromatic heterocycles. The predicted molar refractivity (Wildman–Crippen MR) is 69.0 cm³/mol. The molecule has 2 rings (SSSR count). The second kappa shape index (κ2) is 5.68. The van der Waals surface area contributed by atoms with Crippen molar-refractivity contribution in [2.24, 2.45) is 10.9 Å². The molecule has 0 bridgehead atoms. The summed E-state index contributed by atoms with van der Waals surface area (Å²) in [6.07, 6.45) is 2.92. The number of amidine groups is 1. The molecule has 3 N–H and O–H groups in total. The largest absolute Gasteiger partial charge is 0.409 e. The van der Waals surface area contributed by atoms with E-state index in [-0.39, 0.29) is 11.9 Å². The van der Waals surface area contributed by atoms with Gasteiger partial charge in [-0.3, -0.25) is 4.98 Å². The lowest BCUT2D eigenvalue weighted by atomic mass is 10.2. The first-order valence-electron chi connectivity index (χ1n) is 6.05. The monoisotopic (exact) mass is 250 g/mol. The Kier molecular flexibility index (Phi) is 3.99. The number of anilines is 1. The molecule has 0 saturated carbocycles. The van der Waals surface area contributed by atoms with Crippen molar-refractivity contribution in [3.05, 3.63) is 24.0 Å². The van der Waals surface area contributed by atoms with Crippen LogP contribution in [-0.4, -0.2) is 41.8 Å². The maximum Gasteiger partial charge on any atom is 0.188 e. The zero-order valence-corrected chi connectivity index (χ0v) is 10.4. The van der Waals surface area contributed by atoms with Crippen molar-refractivity contribution in [2.45, 2.75) is 19.4 Å². The van der Waals surface area contributed by atoms with E-state index in [9.17, 15) is 0 Å². The molecular weight excluding hydrogens is 232 g/mol.